The van der Waals surface area contributed by atoms with Gasteiger partial charge in [0.05, 0.1) is 6.10 Å². The van der Waals surface area contributed by atoms with Crippen molar-refractivity contribution in [2.24, 2.45) is 0 Å². The Balaban J connectivity index is 0. The SMILES string of the molecule is C=C/C(=C\CC)CCC(O)CCc1ccccc1.CC.CC. The van der Waals surface area contributed by atoms with Crippen molar-refractivity contribution < 1.29 is 5.11 Å². The normalized spacial score (nSPS) is 11.5. The van der Waals surface area contributed by atoms with Gasteiger partial charge in [0.25, 0.3) is 0 Å². The first-order valence-electron chi connectivity index (χ1n) is 8.79. The van der Waals surface area contributed by atoms with Crippen molar-refractivity contribution in [3.8, 4) is 0 Å². The van der Waals surface area contributed by atoms with E-state index in [4.69, 9.17) is 0 Å². The molecule has 0 aliphatic heterocycles. The predicted molar refractivity (Wildman–Crippen MR) is 101 cm³/mol. The van der Waals surface area contributed by atoms with Crippen molar-refractivity contribution in [3.63, 3.8) is 0 Å². The molecule has 0 aliphatic rings. The molecule has 0 saturated heterocycles. The highest BCUT2D eigenvalue weighted by atomic mass is 16.3. The van der Waals surface area contributed by atoms with Gasteiger partial charge in [-0.15, -0.1) is 0 Å². The van der Waals surface area contributed by atoms with Crippen LogP contribution in [0.15, 0.2) is 54.6 Å². The number of aliphatic hydroxyl groups is 1. The van der Waals surface area contributed by atoms with Crippen LogP contribution in [0.1, 0.15) is 65.9 Å². The fourth-order valence-electron chi connectivity index (χ4n) is 2.01. The number of aliphatic hydroxyl groups excluding tert-OH is 1. The van der Waals surface area contributed by atoms with Gasteiger partial charge in [-0.1, -0.05) is 89.3 Å². The lowest BCUT2D eigenvalue weighted by molar-refractivity contribution is 0.155. The van der Waals surface area contributed by atoms with Crippen molar-refractivity contribution >= 4 is 0 Å². The Bertz CT molecular complexity index is 365. The maximum Gasteiger partial charge on any atom is 0.0546 e. The molecule has 0 radical (unpaired) electrons. The first kappa shape index (κ1) is 22.9. The Hall–Kier alpha value is -1.34. The second-order valence-corrected chi connectivity index (χ2v) is 4.61. The molecule has 0 amide bonds. The smallest absolute Gasteiger partial charge is 0.0546 e. The van der Waals surface area contributed by atoms with E-state index in [-0.39, 0.29) is 6.10 Å². The van der Waals surface area contributed by atoms with E-state index in [2.05, 4.69) is 31.7 Å². The van der Waals surface area contributed by atoms with Gasteiger partial charge in [0.15, 0.2) is 0 Å². The van der Waals surface area contributed by atoms with Crippen LogP contribution in [0.2, 0.25) is 0 Å². The van der Waals surface area contributed by atoms with Crippen LogP contribution in [0.25, 0.3) is 0 Å². The van der Waals surface area contributed by atoms with Gasteiger partial charge >= 0.3 is 0 Å². The zero-order chi connectivity index (χ0) is 17.2. The van der Waals surface area contributed by atoms with E-state index < -0.39 is 0 Å². The van der Waals surface area contributed by atoms with E-state index in [1.54, 1.807) is 0 Å². The van der Waals surface area contributed by atoms with Gasteiger partial charge in [-0.05, 0) is 37.7 Å². The summed E-state index contributed by atoms with van der Waals surface area (Å²) in [7, 11) is 0. The number of allylic oxidation sites excluding steroid dienone is 3. The van der Waals surface area contributed by atoms with E-state index in [1.165, 1.54) is 11.1 Å². The highest BCUT2D eigenvalue weighted by Crippen LogP contribution is 2.13. The molecule has 1 atom stereocenters. The summed E-state index contributed by atoms with van der Waals surface area (Å²) in [6.07, 6.45) is 8.41. The first-order valence-corrected chi connectivity index (χ1v) is 8.79. The van der Waals surface area contributed by atoms with Gasteiger partial charge in [0, 0.05) is 0 Å². The molecule has 1 N–H and O–H groups in total. The van der Waals surface area contributed by atoms with Gasteiger partial charge in [-0.3, -0.25) is 0 Å². The number of rotatable bonds is 8. The Kier molecular flexibility index (Phi) is 18.5. The molecule has 0 aromatic heterocycles. The minimum atomic E-state index is -0.217. The topological polar surface area (TPSA) is 20.2 Å². The summed E-state index contributed by atoms with van der Waals surface area (Å²) in [6.45, 7) is 13.9. The molecule has 1 aromatic rings. The van der Waals surface area contributed by atoms with Crippen molar-refractivity contribution in [1.29, 1.82) is 0 Å². The zero-order valence-corrected chi connectivity index (χ0v) is 15.3. The molecule has 0 aliphatic carbocycles. The van der Waals surface area contributed by atoms with E-state index in [0.29, 0.717) is 0 Å². The van der Waals surface area contributed by atoms with Crippen molar-refractivity contribution in [2.75, 3.05) is 0 Å². The highest BCUT2D eigenvalue weighted by Gasteiger charge is 2.05. The zero-order valence-electron chi connectivity index (χ0n) is 15.3. The molecule has 1 unspecified atom stereocenters. The lowest BCUT2D eigenvalue weighted by Crippen LogP contribution is -2.08. The monoisotopic (exact) mass is 304 g/mol. The average molecular weight is 305 g/mol. The summed E-state index contributed by atoms with van der Waals surface area (Å²) in [5.41, 5.74) is 2.54. The number of hydrogen-bond acceptors (Lipinski definition) is 1. The molecular formula is C21H36O. The summed E-state index contributed by atoms with van der Waals surface area (Å²) in [6, 6.07) is 10.3. The maximum absolute atomic E-state index is 9.96. The maximum atomic E-state index is 9.96. The van der Waals surface area contributed by atoms with Crippen molar-refractivity contribution in [1.82, 2.24) is 0 Å². The lowest BCUT2D eigenvalue weighted by Gasteiger charge is -2.11. The molecule has 1 rings (SSSR count). The Labute approximate surface area is 138 Å². The Morgan fingerprint density at radius 1 is 1.09 bits per heavy atom. The second-order valence-electron chi connectivity index (χ2n) is 4.61. The molecule has 1 nitrogen and oxygen atoms in total. The van der Waals surface area contributed by atoms with Crippen LogP contribution in [-0.2, 0) is 6.42 Å². The third-order valence-corrected chi connectivity index (χ3v) is 3.10. The van der Waals surface area contributed by atoms with Crippen molar-refractivity contribution in [2.45, 2.75) is 72.8 Å². The molecule has 22 heavy (non-hydrogen) atoms. The summed E-state index contributed by atoms with van der Waals surface area (Å²) in [4.78, 5) is 0. The fourth-order valence-corrected chi connectivity index (χ4v) is 2.01. The summed E-state index contributed by atoms with van der Waals surface area (Å²) in [5, 5.41) is 9.96. The molecule has 0 bridgehead atoms. The third-order valence-electron chi connectivity index (χ3n) is 3.10. The van der Waals surface area contributed by atoms with E-state index in [1.807, 2.05) is 52.0 Å². The van der Waals surface area contributed by atoms with Crippen LogP contribution >= 0.6 is 0 Å². The van der Waals surface area contributed by atoms with Crippen LogP contribution in [0.3, 0.4) is 0 Å². The highest BCUT2D eigenvalue weighted by molar-refractivity contribution is 5.16. The number of hydrogen-bond donors (Lipinski definition) is 1. The number of benzene rings is 1. The van der Waals surface area contributed by atoms with Crippen LogP contribution in [0.5, 0.6) is 0 Å². The molecule has 1 heteroatoms. The number of aryl methyl sites for hydroxylation is 1. The second kappa shape index (κ2) is 17.7. The van der Waals surface area contributed by atoms with Crippen molar-refractivity contribution in [3.05, 3.63) is 60.2 Å². The lowest BCUT2D eigenvalue weighted by atomic mass is 10.0. The molecular weight excluding hydrogens is 268 g/mol. The first-order chi connectivity index (χ1) is 10.8. The molecule has 0 heterocycles. The van der Waals surface area contributed by atoms with Gasteiger partial charge in [0.2, 0.25) is 0 Å². The Morgan fingerprint density at radius 2 is 1.68 bits per heavy atom. The Morgan fingerprint density at radius 3 is 2.18 bits per heavy atom. The van der Waals surface area contributed by atoms with Gasteiger partial charge < -0.3 is 5.11 Å². The van der Waals surface area contributed by atoms with Gasteiger partial charge in [-0.25, -0.2) is 0 Å². The largest absolute Gasteiger partial charge is 0.393 e. The minimum Gasteiger partial charge on any atom is -0.393 e. The average Bonchev–Trinajstić information content (AvgIpc) is 2.61. The molecule has 0 fully saturated rings. The summed E-state index contributed by atoms with van der Waals surface area (Å²) >= 11 is 0. The molecule has 126 valence electrons. The third kappa shape index (κ3) is 12.4. The summed E-state index contributed by atoms with van der Waals surface area (Å²) < 4.78 is 0. The van der Waals surface area contributed by atoms with E-state index in [9.17, 15) is 5.11 Å². The van der Waals surface area contributed by atoms with E-state index >= 15 is 0 Å². The van der Waals surface area contributed by atoms with Crippen LogP contribution in [0, 0.1) is 0 Å². The quantitative estimate of drug-likeness (QED) is 0.556. The van der Waals surface area contributed by atoms with Gasteiger partial charge in [0.1, 0.15) is 0 Å². The molecule has 0 saturated carbocycles. The van der Waals surface area contributed by atoms with E-state index in [0.717, 1.165) is 32.1 Å². The standard InChI is InChI=1S/C17H24O.2C2H6/c1-3-8-15(4-2)11-13-17(18)14-12-16-9-6-5-7-10-16;2*1-2/h4-10,17-18H,2-3,11-14H2,1H3;2*1-2H3/b15-8+;;. The van der Waals surface area contributed by atoms with Crippen LogP contribution in [-0.4, -0.2) is 11.2 Å². The van der Waals surface area contributed by atoms with Crippen LogP contribution in [0.4, 0.5) is 0 Å². The van der Waals surface area contributed by atoms with Crippen LogP contribution < -0.4 is 0 Å². The van der Waals surface area contributed by atoms with Gasteiger partial charge in [-0.2, -0.15) is 0 Å². The summed E-state index contributed by atoms with van der Waals surface area (Å²) in [5.74, 6) is 0. The fraction of sp³-hybridized carbons (Fsp3) is 0.524. The molecule has 0 spiro atoms. The minimum absolute atomic E-state index is 0.217. The molecule has 1 aromatic carbocycles. The predicted octanol–water partition coefficient (Wildman–Crippen LogP) is 6.34.